The second-order valence-corrected chi connectivity index (χ2v) is 4.41. The summed E-state index contributed by atoms with van der Waals surface area (Å²) in [6.45, 7) is 0.208. The Morgan fingerprint density at radius 2 is 2.00 bits per heavy atom. The lowest BCUT2D eigenvalue weighted by atomic mass is 10.1. The van der Waals surface area contributed by atoms with Gasteiger partial charge in [-0.1, -0.05) is 12.1 Å². The van der Waals surface area contributed by atoms with Crippen molar-refractivity contribution in [2.45, 2.75) is 12.7 Å². The second-order valence-electron chi connectivity index (χ2n) is 4.07. The van der Waals surface area contributed by atoms with E-state index in [9.17, 15) is 13.2 Å². The number of nitriles is 1. The van der Waals surface area contributed by atoms with Gasteiger partial charge in [0.1, 0.15) is 5.82 Å². The van der Waals surface area contributed by atoms with Crippen LogP contribution in [0.5, 0.6) is 0 Å². The molecule has 0 unspecified atom stereocenters. The molecule has 1 heterocycles. The van der Waals surface area contributed by atoms with Gasteiger partial charge in [0.05, 0.1) is 11.6 Å². The fraction of sp³-hybridized carbons (Fsp3) is 0.154. The molecule has 2 rings (SSSR count). The largest absolute Gasteiger partial charge is 0.433 e. The molecule has 0 bridgehead atoms. The van der Waals surface area contributed by atoms with E-state index < -0.39 is 17.2 Å². The topological polar surface area (TPSA) is 61.6 Å². The van der Waals surface area contributed by atoms with Crippen LogP contribution >= 0.6 is 11.6 Å². The normalized spacial score (nSPS) is 11.0. The van der Waals surface area contributed by atoms with Gasteiger partial charge in [0, 0.05) is 12.6 Å². The van der Waals surface area contributed by atoms with Crippen LogP contribution in [-0.4, -0.2) is 9.97 Å². The molecule has 0 atom stereocenters. The lowest BCUT2D eigenvalue weighted by Crippen LogP contribution is -2.11. The van der Waals surface area contributed by atoms with Gasteiger partial charge in [0.15, 0.2) is 5.69 Å². The third-order valence-electron chi connectivity index (χ3n) is 2.52. The molecule has 8 heteroatoms. The first-order valence-electron chi connectivity index (χ1n) is 5.73. The molecule has 2 aromatic rings. The molecule has 0 saturated heterocycles. The minimum atomic E-state index is -4.59. The smallest absolute Gasteiger partial charge is 0.366 e. The van der Waals surface area contributed by atoms with Crippen LogP contribution in [0.1, 0.15) is 16.8 Å². The molecule has 0 aliphatic carbocycles. The summed E-state index contributed by atoms with van der Waals surface area (Å²) >= 11 is 5.48. The van der Waals surface area contributed by atoms with E-state index in [0.717, 1.165) is 11.6 Å². The Morgan fingerprint density at radius 1 is 1.24 bits per heavy atom. The highest BCUT2D eigenvalue weighted by atomic mass is 35.5. The van der Waals surface area contributed by atoms with E-state index in [2.05, 4.69) is 15.3 Å². The molecule has 0 aliphatic heterocycles. The summed E-state index contributed by atoms with van der Waals surface area (Å²) in [5.74, 6) is -0.0373. The van der Waals surface area contributed by atoms with Gasteiger partial charge in [-0.2, -0.15) is 18.4 Å². The summed E-state index contributed by atoms with van der Waals surface area (Å²) in [6, 6.07) is 9.44. The third kappa shape index (κ3) is 4.07. The van der Waals surface area contributed by atoms with Crippen LogP contribution < -0.4 is 5.32 Å². The highest BCUT2D eigenvalue weighted by molar-refractivity contribution is 6.28. The average Bonchev–Trinajstić information content (AvgIpc) is 2.44. The molecule has 0 fully saturated rings. The van der Waals surface area contributed by atoms with E-state index in [1.807, 2.05) is 6.07 Å². The first-order chi connectivity index (χ1) is 9.88. The average molecular weight is 313 g/mol. The quantitative estimate of drug-likeness (QED) is 0.879. The van der Waals surface area contributed by atoms with Crippen molar-refractivity contribution in [3.63, 3.8) is 0 Å². The van der Waals surface area contributed by atoms with Crippen LogP contribution in [0.15, 0.2) is 30.3 Å². The highest BCUT2D eigenvalue weighted by Crippen LogP contribution is 2.29. The molecule has 0 amide bonds. The van der Waals surface area contributed by atoms with Crippen molar-refractivity contribution in [2.75, 3.05) is 5.32 Å². The number of nitrogens with one attached hydrogen (secondary N) is 1. The molecule has 1 aromatic heterocycles. The summed E-state index contributed by atoms with van der Waals surface area (Å²) in [4.78, 5) is 6.82. The molecule has 0 saturated carbocycles. The summed E-state index contributed by atoms with van der Waals surface area (Å²) in [5, 5.41) is 11.0. The fourth-order valence-electron chi connectivity index (χ4n) is 1.60. The fourth-order valence-corrected chi connectivity index (χ4v) is 1.78. The predicted molar refractivity (Wildman–Crippen MR) is 70.5 cm³/mol. The molecule has 0 radical (unpaired) electrons. The van der Waals surface area contributed by atoms with E-state index in [-0.39, 0.29) is 12.4 Å². The van der Waals surface area contributed by atoms with Gasteiger partial charge in [-0.15, -0.1) is 0 Å². The Kier molecular flexibility index (Phi) is 4.29. The van der Waals surface area contributed by atoms with Crippen LogP contribution in [0.4, 0.5) is 19.0 Å². The van der Waals surface area contributed by atoms with Crippen molar-refractivity contribution in [1.29, 1.82) is 5.26 Å². The van der Waals surface area contributed by atoms with Crippen LogP contribution in [0.25, 0.3) is 0 Å². The third-order valence-corrected chi connectivity index (χ3v) is 2.69. The van der Waals surface area contributed by atoms with E-state index in [1.54, 1.807) is 24.3 Å². The lowest BCUT2D eigenvalue weighted by Gasteiger charge is -2.10. The van der Waals surface area contributed by atoms with Gasteiger partial charge in [0.25, 0.3) is 0 Å². The van der Waals surface area contributed by atoms with Crippen molar-refractivity contribution >= 4 is 17.4 Å². The molecular weight excluding hydrogens is 305 g/mol. The molecule has 4 nitrogen and oxygen atoms in total. The summed E-state index contributed by atoms with van der Waals surface area (Å²) in [5.41, 5.74) is 0.0825. The number of nitrogens with zero attached hydrogens (tertiary/aromatic N) is 3. The summed E-state index contributed by atoms with van der Waals surface area (Å²) < 4.78 is 37.8. The van der Waals surface area contributed by atoms with Crippen molar-refractivity contribution < 1.29 is 13.2 Å². The molecular formula is C13H8ClF3N4. The minimum absolute atomic E-state index is 0.0373. The summed E-state index contributed by atoms with van der Waals surface area (Å²) in [7, 11) is 0. The standard InChI is InChI=1S/C13H8ClF3N4/c14-12-20-10(13(15,16)17)5-11(21-12)19-7-9-3-1-2-8(4-9)6-18/h1-5H,7H2,(H,19,20,21). The minimum Gasteiger partial charge on any atom is -0.366 e. The summed E-state index contributed by atoms with van der Waals surface area (Å²) in [6.07, 6.45) is -4.59. The van der Waals surface area contributed by atoms with Crippen LogP contribution in [-0.2, 0) is 12.7 Å². The van der Waals surface area contributed by atoms with Crippen LogP contribution in [0.3, 0.4) is 0 Å². The van der Waals surface area contributed by atoms with E-state index >= 15 is 0 Å². The van der Waals surface area contributed by atoms with Crippen molar-refractivity contribution in [3.8, 4) is 6.07 Å². The first-order valence-corrected chi connectivity index (χ1v) is 6.11. The number of anilines is 1. The van der Waals surface area contributed by atoms with Crippen molar-refractivity contribution in [1.82, 2.24) is 9.97 Å². The number of aromatic nitrogens is 2. The Morgan fingerprint density at radius 3 is 2.67 bits per heavy atom. The lowest BCUT2D eigenvalue weighted by molar-refractivity contribution is -0.141. The maximum absolute atomic E-state index is 12.6. The number of hydrogen-bond donors (Lipinski definition) is 1. The number of hydrogen-bond acceptors (Lipinski definition) is 4. The Labute approximate surface area is 123 Å². The number of halogens is 4. The molecule has 1 N–H and O–H groups in total. The van der Waals surface area contributed by atoms with Crippen LogP contribution in [0.2, 0.25) is 5.28 Å². The van der Waals surface area contributed by atoms with Crippen LogP contribution in [0, 0.1) is 11.3 Å². The Hall–Kier alpha value is -2.33. The van der Waals surface area contributed by atoms with E-state index in [1.165, 1.54) is 0 Å². The molecule has 1 aromatic carbocycles. The Balaban J connectivity index is 2.16. The van der Waals surface area contributed by atoms with Gasteiger partial charge in [-0.25, -0.2) is 9.97 Å². The van der Waals surface area contributed by atoms with Gasteiger partial charge in [0.2, 0.25) is 5.28 Å². The number of benzene rings is 1. The SMILES string of the molecule is N#Cc1cccc(CNc2cc(C(F)(F)F)nc(Cl)n2)c1. The number of alkyl halides is 3. The highest BCUT2D eigenvalue weighted by Gasteiger charge is 2.33. The van der Waals surface area contributed by atoms with Gasteiger partial charge >= 0.3 is 6.18 Å². The Bertz CT molecular complexity index is 695. The van der Waals surface area contributed by atoms with Gasteiger partial charge in [-0.3, -0.25) is 0 Å². The van der Waals surface area contributed by atoms with Gasteiger partial charge in [-0.05, 0) is 29.3 Å². The zero-order chi connectivity index (χ0) is 15.5. The maximum Gasteiger partial charge on any atom is 0.433 e. The monoisotopic (exact) mass is 312 g/mol. The first kappa shape index (κ1) is 15.1. The van der Waals surface area contributed by atoms with Crippen molar-refractivity contribution in [2.24, 2.45) is 0 Å². The predicted octanol–water partition coefficient (Wildman–Crippen LogP) is 3.63. The molecule has 108 valence electrons. The zero-order valence-electron chi connectivity index (χ0n) is 10.4. The van der Waals surface area contributed by atoms with Crippen molar-refractivity contribution in [3.05, 3.63) is 52.4 Å². The van der Waals surface area contributed by atoms with E-state index in [0.29, 0.717) is 5.56 Å². The molecule has 0 spiro atoms. The van der Waals surface area contributed by atoms with E-state index in [4.69, 9.17) is 16.9 Å². The molecule has 21 heavy (non-hydrogen) atoms. The maximum atomic E-state index is 12.6. The molecule has 0 aliphatic rings. The number of rotatable bonds is 3. The van der Waals surface area contributed by atoms with Gasteiger partial charge < -0.3 is 5.32 Å². The second kappa shape index (κ2) is 5.97. The zero-order valence-corrected chi connectivity index (χ0v) is 11.2.